The Morgan fingerprint density at radius 2 is 2.12 bits per heavy atom. The van der Waals surface area contributed by atoms with E-state index in [4.69, 9.17) is 10.5 Å². The minimum Gasteiger partial charge on any atom is -0.477 e. The zero-order valence-corrected chi connectivity index (χ0v) is 16.4. The van der Waals surface area contributed by atoms with Gasteiger partial charge in [-0.1, -0.05) is 12.1 Å². The normalized spacial score (nSPS) is 13.8. The zero-order valence-electron chi connectivity index (χ0n) is 14.1. The first-order valence-corrected chi connectivity index (χ1v) is 8.31. The van der Waals surface area contributed by atoms with Gasteiger partial charge >= 0.3 is 0 Å². The van der Waals surface area contributed by atoms with Crippen LogP contribution < -0.4 is 15.8 Å². The van der Waals surface area contributed by atoms with Crippen LogP contribution in [0.1, 0.15) is 24.1 Å². The van der Waals surface area contributed by atoms with E-state index in [0.29, 0.717) is 24.9 Å². The first-order valence-electron chi connectivity index (χ1n) is 8.31. The third-order valence-electron chi connectivity index (χ3n) is 3.81. The minimum atomic E-state index is 0. The van der Waals surface area contributed by atoms with Crippen LogP contribution in [0.25, 0.3) is 0 Å². The van der Waals surface area contributed by atoms with Gasteiger partial charge in [-0.15, -0.1) is 24.0 Å². The van der Waals surface area contributed by atoms with Crippen molar-refractivity contribution in [2.45, 2.75) is 25.8 Å². The van der Waals surface area contributed by atoms with Gasteiger partial charge < -0.3 is 15.8 Å². The third-order valence-corrected chi connectivity index (χ3v) is 3.81. The molecule has 7 heteroatoms. The Bertz CT molecular complexity index is 659. The van der Waals surface area contributed by atoms with Crippen molar-refractivity contribution in [3.63, 3.8) is 0 Å². The van der Waals surface area contributed by atoms with E-state index < -0.39 is 0 Å². The number of guanidine groups is 1. The number of hydrogen-bond donors (Lipinski definition) is 2. The Kier molecular flexibility index (Phi) is 7.90. The van der Waals surface area contributed by atoms with Crippen LogP contribution in [0.5, 0.6) is 5.88 Å². The Morgan fingerprint density at radius 1 is 1.24 bits per heavy atom. The van der Waals surface area contributed by atoms with E-state index >= 15 is 0 Å². The first kappa shape index (κ1) is 19.4. The minimum absolute atomic E-state index is 0. The molecule has 3 N–H and O–H groups in total. The highest BCUT2D eigenvalue weighted by Gasteiger charge is 2.21. The van der Waals surface area contributed by atoms with E-state index in [1.165, 1.54) is 12.8 Å². The highest BCUT2D eigenvalue weighted by atomic mass is 127. The molecule has 6 nitrogen and oxygen atoms in total. The number of aromatic nitrogens is 2. The van der Waals surface area contributed by atoms with E-state index in [1.54, 1.807) is 12.4 Å². The third kappa shape index (κ3) is 7.25. The molecule has 1 fully saturated rings. The SMILES string of the molecule is I.NC(=NCc1ccc(OCC2CC2)nc1)NCCc1ccccn1. The monoisotopic (exact) mass is 453 g/mol. The summed E-state index contributed by atoms with van der Waals surface area (Å²) in [4.78, 5) is 12.9. The van der Waals surface area contributed by atoms with Gasteiger partial charge in [0.25, 0.3) is 0 Å². The Hall–Kier alpha value is -1.90. The number of halogens is 1. The smallest absolute Gasteiger partial charge is 0.213 e. The number of pyridine rings is 2. The molecule has 0 aromatic carbocycles. The van der Waals surface area contributed by atoms with Crippen LogP contribution in [-0.4, -0.2) is 29.1 Å². The standard InChI is InChI=1S/C18H23N5O.HI/c19-18(21-10-8-16-3-1-2-9-20-16)23-12-15-6-7-17(22-11-15)24-13-14-4-5-14;/h1-3,6-7,9,11,14H,4-5,8,10,12-13H2,(H3,19,21,23);1H. The van der Waals surface area contributed by atoms with Gasteiger partial charge in [-0.2, -0.15) is 0 Å². The summed E-state index contributed by atoms with van der Waals surface area (Å²) in [5.41, 5.74) is 7.91. The molecule has 1 saturated carbocycles. The lowest BCUT2D eigenvalue weighted by Gasteiger charge is -2.06. The van der Waals surface area contributed by atoms with Gasteiger partial charge in [0.15, 0.2) is 5.96 Å². The molecule has 25 heavy (non-hydrogen) atoms. The molecule has 0 spiro atoms. The Labute approximate surface area is 165 Å². The van der Waals surface area contributed by atoms with Crippen LogP contribution in [-0.2, 0) is 13.0 Å². The van der Waals surface area contributed by atoms with Gasteiger partial charge in [0.2, 0.25) is 5.88 Å². The molecule has 0 amide bonds. The highest BCUT2D eigenvalue weighted by Crippen LogP contribution is 2.29. The molecular formula is C18H24IN5O. The average Bonchev–Trinajstić information content (AvgIpc) is 3.44. The predicted molar refractivity (Wildman–Crippen MR) is 109 cm³/mol. The second kappa shape index (κ2) is 10.2. The van der Waals surface area contributed by atoms with Crippen molar-refractivity contribution in [1.29, 1.82) is 0 Å². The van der Waals surface area contributed by atoms with E-state index in [-0.39, 0.29) is 24.0 Å². The number of aliphatic imine (C=N–C) groups is 1. The number of rotatable bonds is 8. The maximum absolute atomic E-state index is 5.88. The second-order valence-corrected chi connectivity index (χ2v) is 5.96. The Balaban J connectivity index is 0.00000225. The fourth-order valence-electron chi connectivity index (χ4n) is 2.17. The lowest BCUT2D eigenvalue weighted by molar-refractivity contribution is 0.288. The molecule has 1 aliphatic carbocycles. The van der Waals surface area contributed by atoms with Crippen molar-refractivity contribution >= 4 is 29.9 Å². The van der Waals surface area contributed by atoms with Gasteiger partial charge in [-0.25, -0.2) is 9.98 Å². The molecule has 2 aromatic heterocycles. The summed E-state index contributed by atoms with van der Waals surface area (Å²) in [7, 11) is 0. The maximum atomic E-state index is 5.88. The van der Waals surface area contributed by atoms with Gasteiger partial charge in [-0.3, -0.25) is 4.98 Å². The number of ether oxygens (including phenoxy) is 1. The van der Waals surface area contributed by atoms with Gasteiger partial charge in [0.05, 0.1) is 13.2 Å². The van der Waals surface area contributed by atoms with E-state index in [1.807, 2.05) is 30.3 Å². The molecular weight excluding hydrogens is 429 g/mol. The lowest BCUT2D eigenvalue weighted by atomic mass is 10.3. The fraction of sp³-hybridized carbons (Fsp3) is 0.389. The molecule has 0 atom stereocenters. The van der Waals surface area contributed by atoms with Gasteiger partial charge in [0, 0.05) is 37.1 Å². The molecule has 0 radical (unpaired) electrons. The number of hydrogen-bond acceptors (Lipinski definition) is 4. The van der Waals surface area contributed by atoms with Crippen molar-refractivity contribution < 1.29 is 4.74 Å². The van der Waals surface area contributed by atoms with Crippen molar-refractivity contribution in [1.82, 2.24) is 15.3 Å². The molecule has 0 bridgehead atoms. The number of nitrogens with two attached hydrogens (primary N) is 1. The number of nitrogens with zero attached hydrogens (tertiary/aromatic N) is 3. The van der Waals surface area contributed by atoms with Crippen LogP contribution in [0.4, 0.5) is 0 Å². The summed E-state index contributed by atoms with van der Waals surface area (Å²) in [5.74, 6) is 1.84. The van der Waals surface area contributed by atoms with Crippen molar-refractivity contribution in [2.75, 3.05) is 13.2 Å². The average molecular weight is 453 g/mol. The van der Waals surface area contributed by atoms with E-state index in [2.05, 4.69) is 20.3 Å². The molecule has 1 aliphatic rings. The molecule has 0 aliphatic heterocycles. The van der Waals surface area contributed by atoms with Crippen LogP contribution in [0.3, 0.4) is 0 Å². The van der Waals surface area contributed by atoms with E-state index in [9.17, 15) is 0 Å². The topological polar surface area (TPSA) is 85.4 Å². The van der Waals surface area contributed by atoms with Crippen LogP contribution in [0.2, 0.25) is 0 Å². The predicted octanol–water partition coefficient (Wildman–Crippen LogP) is 2.53. The molecule has 0 saturated heterocycles. The van der Waals surface area contributed by atoms with Gasteiger partial charge in [0.1, 0.15) is 0 Å². The highest BCUT2D eigenvalue weighted by molar-refractivity contribution is 14.0. The molecule has 0 unspecified atom stereocenters. The Morgan fingerprint density at radius 3 is 2.80 bits per heavy atom. The molecule has 2 aromatic rings. The summed E-state index contributed by atoms with van der Waals surface area (Å²) in [6, 6.07) is 9.74. The molecule has 3 rings (SSSR count). The zero-order chi connectivity index (χ0) is 16.6. The lowest BCUT2D eigenvalue weighted by Crippen LogP contribution is -2.33. The summed E-state index contributed by atoms with van der Waals surface area (Å²) in [5, 5.41) is 3.10. The van der Waals surface area contributed by atoms with Crippen LogP contribution >= 0.6 is 24.0 Å². The summed E-state index contributed by atoms with van der Waals surface area (Å²) in [6.45, 7) is 1.98. The quantitative estimate of drug-likeness (QED) is 0.365. The summed E-state index contributed by atoms with van der Waals surface area (Å²) < 4.78 is 5.62. The first-order chi connectivity index (χ1) is 11.8. The fourth-order valence-corrected chi connectivity index (χ4v) is 2.17. The van der Waals surface area contributed by atoms with Crippen LogP contribution in [0, 0.1) is 5.92 Å². The maximum Gasteiger partial charge on any atom is 0.213 e. The second-order valence-electron chi connectivity index (χ2n) is 5.96. The van der Waals surface area contributed by atoms with Crippen molar-refractivity contribution in [3.05, 3.63) is 54.0 Å². The summed E-state index contributed by atoms with van der Waals surface area (Å²) in [6.07, 6.45) is 6.94. The molecule has 134 valence electrons. The van der Waals surface area contributed by atoms with Gasteiger partial charge in [-0.05, 0) is 36.5 Å². The van der Waals surface area contributed by atoms with Crippen molar-refractivity contribution in [2.24, 2.45) is 16.6 Å². The largest absolute Gasteiger partial charge is 0.477 e. The van der Waals surface area contributed by atoms with Crippen LogP contribution in [0.15, 0.2) is 47.7 Å². The van der Waals surface area contributed by atoms with E-state index in [0.717, 1.165) is 30.2 Å². The molecule has 2 heterocycles. The summed E-state index contributed by atoms with van der Waals surface area (Å²) >= 11 is 0. The van der Waals surface area contributed by atoms with Crippen molar-refractivity contribution in [3.8, 4) is 5.88 Å². The number of nitrogens with one attached hydrogen (secondary N) is 1.